The van der Waals surface area contributed by atoms with Crippen LogP contribution in [0.25, 0.3) is 10.9 Å². The first-order valence-corrected chi connectivity index (χ1v) is 7.62. The Labute approximate surface area is 129 Å². The van der Waals surface area contributed by atoms with Gasteiger partial charge in [0.25, 0.3) is 0 Å². The number of aliphatic hydroxyl groups is 1. The number of unbranched alkanes of at least 4 members (excludes halogenated alkanes) is 1. The number of nitrogens with zero attached hydrogens (tertiary/aromatic N) is 2. The second-order valence-electron chi connectivity index (χ2n) is 5.06. The van der Waals surface area contributed by atoms with Crippen molar-refractivity contribution < 1.29 is 5.11 Å². The molecule has 0 aliphatic heterocycles. The molecule has 0 unspecified atom stereocenters. The van der Waals surface area contributed by atoms with Crippen LogP contribution in [0.2, 0.25) is 5.02 Å². The van der Waals surface area contributed by atoms with Crippen molar-refractivity contribution in [3.63, 3.8) is 0 Å². The molecule has 6 heteroatoms. The number of nitrogens with one attached hydrogen (secondary N) is 1. The molecule has 0 aliphatic carbocycles. The lowest BCUT2D eigenvalue weighted by molar-refractivity contribution is 0.276. The highest BCUT2D eigenvalue weighted by atomic mass is 35.5. The van der Waals surface area contributed by atoms with Crippen molar-refractivity contribution in [1.29, 1.82) is 0 Å². The number of aromatic nitrogens is 2. The normalized spacial score (nSPS) is 12.5. The molecule has 5 nitrogen and oxygen atoms in total. The lowest BCUT2D eigenvalue weighted by atomic mass is 10.1. The minimum Gasteiger partial charge on any atom is -0.396 e. The molecule has 0 bridgehead atoms. The van der Waals surface area contributed by atoms with Crippen molar-refractivity contribution in [3.05, 3.63) is 23.2 Å². The molecule has 1 atom stereocenters. The van der Waals surface area contributed by atoms with E-state index < -0.39 is 0 Å². The van der Waals surface area contributed by atoms with E-state index in [0.717, 1.165) is 30.2 Å². The molecule has 1 aromatic heterocycles. The fourth-order valence-corrected chi connectivity index (χ4v) is 2.61. The first-order chi connectivity index (χ1) is 10.2. The average Bonchev–Trinajstić information content (AvgIpc) is 2.44. The minimum atomic E-state index is 0.133. The van der Waals surface area contributed by atoms with E-state index in [4.69, 9.17) is 17.3 Å². The summed E-state index contributed by atoms with van der Waals surface area (Å²) in [6, 6.07) is 5.64. The number of halogens is 1. The van der Waals surface area contributed by atoms with Crippen LogP contribution in [0.1, 0.15) is 32.6 Å². The topological polar surface area (TPSA) is 84.1 Å². The van der Waals surface area contributed by atoms with E-state index in [-0.39, 0.29) is 18.6 Å². The Balaban J connectivity index is 2.35. The molecule has 0 fully saturated rings. The third kappa shape index (κ3) is 3.95. The summed E-state index contributed by atoms with van der Waals surface area (Å²) in [4.78, 5) is 8.49. The minimum absolute atomic E-state index is 0.133. The summed E-state index contributed by atoms with van der Waals surface area (Å²) in [5, 5.41) is 13.9. The van der Waals surface area contributed by atoms with Gasteiger partial charge in [-0.2, -0.15) is 4.98 Å². The lowest BCUT2D eigenvalue weighted by Crippen LogP contribution is -2.22. The predicted octanol–water partition coefficient (Wildman–Crippen LogP) is 3.22. The number of aliphatic hydroxyl groups excluding tert-OH is 1. The molecule has 0 saturated carbocycles. The van der Waals surface area contributed by atoms with Gasteiger partial charge in [0.05, 0.1) is 15.9 Å². The number of nitrogen functional groups attached to an aromatic ring is 1. The fourth-order valence-electron chi connectivity index (χ4n) is 2.35. The van der Waals surface area contributed by atoms with Gasteiger partial charge in [-0.1, -0.05) is 37.4 Å². The van der Waals surface area contributed by atoms with Crippen LogP contribution in [0.5, 0.6) is 0 Å². The zero-order chi connectivity index (χ0) is 15.2. The average molecular weight is 309 g/mol. The maximum absolute atomic E-state index is 9.21. The number of fused-ring (bicyclic) bond motifs is 1. The number of hydrogen-bond donors (Lipinski definition) is 3. The maximum atomic E-state index is 9.21. The number of rotatable bonds is 7. The van der Waals surface area contributed by atoms with Gasteiger partial charge < -0.3 is 16.2 Å². The van der Waals surface area contributed by atoms with E-state index in [0.29, 0.717) is 17.3 Å². The number of benzene rings is 1. The number of nitrogens with two attached hydrogens (primary N) is 1. The van der Waals surface area contributed by atoms with E-state index >= 15 is 0 Å². The van der Waals surface area contributed by atoms with E-state index in [1.165, 1.54) is 0 Å². The quantitative estimate of drug-likeness (QED) is 0.731. The summed E-state index contributed by atoms with van der Waals surface area (Å²) in [6.45, 7) is 2.28. The Morgan fingerprint density at radius 3 is 2.86 bits per heavy atom. The first kappa shape index (κ1) is 15.8. The van der Waals surface area contributed by atoms with Crippen molar-refractivity contribution in [2.24, 2.45) is 0 Å². The Bertz CT molecular complexity index is 605. The van der Waals surface area contributed by atoms with Crippen molar-refractivity contribution >= 4 is 34.3 Å². The zero-order valence-corrected chi connectivity index (χ0v) is 12.9. The predicted molar refractivity (Wildman–Crippen MR) is 87.6 cm³/mol. The Hall–Kier alpha value is -1.59. The second kappa shape index (κ2) is 7.43. The molecule has 114 valence electrons. The van der Waals surface area contributed by atoms with Gasteiger partial charge in [-0.05, 0) is 25.0 Å². The van der Waals surface area contributed by atoms with E-state index in [1.54, 1.807) is 0 Å². The summed E-state index contributed by atoms with van der Waals surface area (Å²) < 4.78 is 0. The largest absolute Gasteiger partial charge is 0.396 e. The van der Waals surface area contributed by atoms with Gasteiger partial charge in [0.2, 0.25) is 5.95 Å². The summed E-state index contributed by atoms with van der Waals surface area (Å²) in [7, 11) is 0. The maximum Gasteiger partial charge on any atom is 0.222 e. The van der Waals surface area contributed by atoms with Gasteiger partial charge in [-0.15, -0.1) is 0 Å². The van der Waals surface area contributed by atoms with Gasteiger partial charge in [0.1, 0.15) is 5.82 Å². The SMILES string of the molecule is CCCC[C@H](CCO)Nc1nc(N)nc2cccc(Cl)c12. The molecule has 0 spiro atoms. The van der Waals surface area contributed by atoms with Crippen LogP contribution in [0.3, 0.4) is 0 Å². The van der Waals surface area contributed by atoms with Crippen molar-refractivity contribution in [2.75, 3.05) is 17.7 Å². The molecule has 0 saturated heterocycles. The highest BCUT2D eigenvalue weighted by molar-refractivity contribution is 6.36. The van der Waals surface area contributed by atoms with Gasteiger partial charge in [-0.3, -0.25) is 0 Å². The van der Waals surface area contributed by atoms with Crippen molar-refractivity contribution in [3.8, 4) is 0 Å². The van der Waals surface area contributed by atoms with E-state index in [9.17, 15) is 5.11 Å². The van der Waals surface area contributed by atoms with Crippen LogP contribution in [-0.4, -0.2) is 27.7 Å². The van der Waals surface area contributed by atoms with Gasteiger partial charge >= 0.3 is 0 Å². The van der Waals surface area contributed by atoms with E-state index in [2.05, 4.69) is 22.2 Å². The smallest absolute Gasteiger partial charge is 0.222 e. The van der Waals surface area contributed by atoms with Crippen molar-refractivity contribution in [2.45, 2.75) is 38.6 Å². The third-order valence-electron chi connectivity index (χ3n) is 3.41. The van der Waals surface area contributed by atoms with Gasteiger partial charge in [0.15, 0.2) is 0 Å². The molecule has 0 aliphatic rings. The third-order valence-corrected chi connectivity index (χ3v) is 3.73. The molecular weight excluding hydrogens is 288 g/mol. The van der Waals surface area contributed by atoms with Crippen molar-refractivity contribution in [1.82, 2.24) is 9.97 Å². The molecule has 21 heavy (non-hydrogen) atoms. The van der Waals surface area contributed by atoms with Crippen LogP contribution in [0, 0.1) is 0 Å². The van der Waals surface area contributed by atoms with Crippen LogP contribution < -0.4 is 11.1 Å². The summed E-state index contributed by atoms with van der Waals surface area (Å²) >= 11 is 6.27. The molecule has 2 rings (SSSR count). The molecule has 1 aromatic carbocycles. The Kier molecular flexibility index (Phi) is 5.59. The Morgan fingerprint density at radius 2 is 2.14 bits per heavy atom. The van der Waals surface area contributed by atoms with Crippen LogP contribution in [0.15, 0.2) is 18.2 Å². The van der Waals surface area contributed by atoms with Gasteiger partial charge in [0, 0.05) is 12.6 Å². The molecule has 0 amide bonds. The molecule has 2 aromatic rings. The first-order valence-electron chi connectivity index (χ1n) is 7.24. The van der Waals surface area contributed by atoms with E-state index in [1.807, 2.05) is 18.2 Å². The monoisotopic (exact) mass is 308 g/mol. The summed E-state index contributed by atoms with van der Waals surface area (Å²) in [5.74, 6) is 0.850. The summed E-state index contributed by atoms with van der Waals surface area (Å²) in [6.07, 6.45) is 3.82. The summed E-state index contributed by atoms with van der Waals surface area (Å²) in [5.41, 5.74) is 6.49. The standard InChI is InChI=1S/C15H21ClN4O/c1-2-3-5-10(8-9-21)18-14-13-11(16)6-4-7-12(13)19-15(17)20-14/h4,6-7,10,21H,2-3,5,8-9H2,1H3,(H3,17,18,19,20)/t10-/m1/s1. The number of anilines is 2. The van der Waals surface area contributed by atoms with Crippen LogP contribution in [0.4, 0.5) is 11.8 Å². The molecular formula is C15H21ClN4O. The second-order valence-corrected chi connectivity index (χ2v) is 5.47. The fraction of sp³-hybridized carbons (Fsp3) is 0.467. The number of hydrogen-bond acceptors (Lipinski definition) is 5. The lowest BCUT2D eigenvalue weighted by Gasteiger charge is -2.19. The highest BCUT2D eigenvalue weighted by Gasteiger charge is 2.14. The van der Waals surface area contributed by atoms with Crippen LogP contribution >= 0.6 is 11.6 Å². The zero-order valence-electron chi connectivity index (χ0n) is 12.1. The van der Waals surface area contributed by atoms with Gasteiger partial charge in [-0.25, -0.2) is 4.98 Å². The Morgan fingerprint density at radius 1 is 1.33 bits per heavy atom. The molecule has 4 N–H and O–H groups in total. The molecule has 1 heterocycles. The highest BCUT2D eigenvalue weighted by Crippen LogP contribution is 2.29. The van der Waals surface area contributed by atoms with Crippen LogP contribution in [-0.2, 0) is 0 Å². The molecule has 0 radical (unpaired) electrons.